The molecule has 0 aliphatic heterocycles. The first-order chi connectivity index (χ1) is 9.34. The summed E-state index contributed by atoms with van der Waals surface area (Å²) in [6.07, 6.45) is -0.122. The van der Waals surface area contributed by atoms with Crippen LogP contribution < -0.4 is 0 Å². The Kier molecular flexibility index (Phi) is 3.95. The van der Waals surface area contributed by atoms with Crippen molar-refractivity contribution in [2.24, 2.45) is 12.5 Å². The van der Waals surface area contributed by atoms with Crippen molar-refractivity contribution in [1.29, 1.82) is 0 Å². The van der Waals surface area contributed by atoms with Gasteiger partial charge < -0.3 is 9.30 Å². The van der Waals surface area contributed by atoms with Crippen LogP contribution >= 0.6 is 0 Å². The minimum atomic E-state index is -0.415. The van der Waals surface area contributed by atoms with Crippen molar-refractivity contribution >= 4 is 16.8 Å². The molecule has 2 rings (SSSR count). The zero-order chi connectivity index (χ0) is 14.9. The van der Waals surface area contributed by atoms with Crippen LogP contribution in [-0.4, -0.2) is 28.5 Å². The summed E-state index contributed by atoms with van der Waals surface area (Å²) in [7, 11) is 3.53. The molecule has 0 aliphatic carbocycles. The van der Waals surface area contributed by atoms with Crippen LogP contribution in [0.3, 0.4) is 0 Å². The highest BCUT2D eigenvalue weighted by Crippen LogP contribution is 2.24. The second kappa shape index (κ2) is 5.37. The lowest BCUT2D eigenvalue weighted by molar-refractivity contribution is -0.134. The van der Waals surface area contributed by atoms with Crippen LogP contribution in [0.1, 0.15) is 26.6 Å². The number of aromatic nitrogens is 2. The minimum Gasteiger partial charge on any atom is -0.373 e. The number of imidazole rings is 1. The first kappa shape index (κ1) is 14.7. The zero-order valence-electron chi connectivity index (χ0n) is 12.8. The second-order valence-corrected chi connectivity index (χ2v) is 6.20. The second-order valence-electron chi connectivity index (χ2n) is 6.20. The number of hydrogen-bond acceptors (Lipinski definition) is 3. The van der Waals surface area contributed by atoms with Crippen molar-refractivity contribution in [1.82, 2.24) is 9.55 Å². The quantitative estimate of drug-likeness (QED) is 0.861. The van der Waals surface area contributed by atoms with Gasteiger partial charge in [0.2, 0.25) is 0 Å². The van der Waals surface area contributed by atoms with Crippen LogP contribution in [0.2, 0.25) is 0 Å². The molecule has 0 amide bonds. The van der Waals surface area contributed by atoms with Crippen LogP contribution in [0.5, 0.6) is 0 Å². The summed E-state index contributed by atoms with van der Waals surface area (Å²) in [4.78, 5) is 17.0. The Balaban J connectivity index is 2.28. The van der Waals surface area contributed by atoms with E-state index in [0.717, 1.165) is 16.9 Å². The van der Waals surface area contributed by atoms with E-state index in [2.05, 4.69) is 4.98 Å². The Morgan fingerprint density at radius 2 is 2.00 bits per heavy atom. The molecule has 0 fully saturated rings. The fraction of sp³-hybridized carbons (Fsp3) is 0.500. The lowest BCUT2D eigenvalue weighted by Crippen LogP contribution is -2.37. The molecule has 0 spiro atoms. The van der Waals surface area contributed by atoms with Gasteiger partial charge in [0, 0.05) is 14.2 Å². The van der Waals surface area contributed by atoms with Gasteiger partial charge in [-0.25, -0.2) is 4.98 Å². The predicted octanol–water partition coefficient (Wildman–Crippen LogP) is 2.75. The third-order valence-electron chi connectivity index (χ3n) is 3.53. The number of Topliss-reactive ketones (excluding diaryl/α,β-unsaturated/α-hetero) is 1. The normalized spacial score (nSPS) is 13.7. The van der Waals surface area contributed by atoms with Gasteiger partial charge >= 0.3 is 0 Å². The van der Waals surface area contributed by atoms with Crippen LogP contribution in [-0.2, 0) is 23.0 Å². The number of carbonyl (C=O) groups excluding carboxylic acids is 1. The molecule has 4 nitrogen and oxygen atoms in total. The maximum absolute atomic E-state index is 12.4. The van der Waals surface area contributed by atoms with Crippen molar-refractivity contribution in [2.75, 3.05) is 7.11 Å². The number of aryl methyl sites for hydroxylation is 1. The molecule has 4 heteroatoms. The molecule has 0 saturated carbocycles. The maximum atomic E-state index is 12.4. The number of carbonyl (C=O) groups is 1. The summed E-state index contributed by atoms with van der Waals surface area (Å²) < 4.78 is 7.35. The smallest absolute Gasteiger partial charge is 0.169 e. The van der Waals surface area contributed by atoms with Crippen LogP contribution in [0, 0.1) is 5.41 Å². The summed E-state index contributed by atoms with van der Waals surface area (Å²) in [6.45, 7) is 6.02. The summed E-state index contributed by atoms with van der Waals surface area (Å²) in [5, 5.41) is 0. The fourth-order valence-electron chi connectivity index (χ4n) is 2.57. The molecular formula is C16H22N2O2. The van der Waals surface area contributed by atoms with Crippen LogP contribution in [0.15, 0.2) is 24.3 Å². The molecule has 0 bridgehead atoms. The number of hydrogen-bond donors (Lipinski definition) is 0. The molecule has 20 heavy (non-hydrogen) atoms. The molecule has 0 saturated heterocycles. The van der Waals surface area contributed by atoms with E-state index >= 15 is 0 Å². The van der Waals surface area contributed by atoms with Gasteiger partial charge in [-0.3, -0.25) is 4.79 Å². The van der Waals surface area contributed by atoms with E-state index in [1.165, 1.54) is 0 Å². The van der Waals surface area contributed by atoms with Gasteiger partial charge in [-0.2, -0.15) is 0 Å². The first-order valence-corrected chi connectivity index (χ1v) is 6.80. The van der Waals surface area contributed by atoms with E-state index < -0.39 is 6.10 Å². The first-order valence-electron chi connectivity index (χ1n) is 6.80. The number of rotatable bonds is 4. The van der Waals surface area contributed by atoms with E-state index in [1.54, 1.807) is 7.11 Å². The molecular weight excluding hydrogens is 252 g/mol. The average Bonchev–Trinajstić information content (AvgIpc) is 2.66. The molecule has 2 aromatic rings. The van der Waals surface area contributed by atoms with E-state index in [1.807, 2.05) is 56.7 Å². The Bertz CT molecular complexity index is 623. The minimum absolute atomic E-state index is 0.0680. The number of methoxy groups -OCH3 is 1. The predicted molar refractivity (Wildman–Crippen MR) is 79.7 cm³/mol. The number of nitrogens with zero attached hydrogens (tertiary/aromatic N) is 2. The summed E-state index contributed by atoms with van der Waals surface area (Å²) in [5.41, 5.74) is 1.75. The van der Waals surface area contributed by atoms with Crippen molar-refractivity contribution in [2.45, 2.75) is 33.3 Å². The molecule has 1 aromatic carbocycles. The zero-order valence-corrected chi connectivity index (χ0v) is 12.8. The molecule has 1 aromatic heterocycles. The Morgan fingerprint density at radius 1 is 1.35 bits per heavy atom. The number of ketones is 1. The maximum Gasteiger partial charge on any atom is 0.169 e. The van der Waals surface area contributed by atoms with Gasteiger partial charge in [0.15, 0.2) is 5.78 Å². The average molecular weight is 274 g/mol. The molecule has 0 aliphatic rings. The SMILES string of the molecule is COC(C(=O)Cc1nc2ccccc2n1C)C(C)(C)C. The molecule has 1 unspecified atom stereocenters. The molecule has 0 radical (unpaired) electrons. The number of benzene rings is 1. The summed E-state index contributed by atoms with van der Waals surface area (Å²) in [6, 6.07) is 7.89. The number of fused-ring (bicyclic) bond motifs is 1. The third kappa shape index (κ3) is 2.75. The topological polar surface area (TPSA) is 44.1 Å². The highest BCUT2D eigenvalue weighted by Gasteiger charge is 2.31. The van der Waals surface area contributed by atoms with E-state index in [-0.39, 0.29) is 11.2 Å². The third-order valence-corrected chi connectivity index (χ3v) is 3.53. The van der Waals surface area contributed by atoms with Gasteiger partial charge in [-0.15, -0.1) is 0 Å². The van der Waals surface area contributed by atoms with Gasteiger partial charge in [0.1, 0.15) is 11.9 Å². The standard InChI is InChI=1S/C16H22N2O2/c1-16(2,3)15(20-5)13(19)10-14-17-11-8-6-7-9-12(11)18(14)4/h6-9,15H,10H2,1-5H3. The van der Waals surface area contributed by atoms with E-state index in [9.17, 15) is 4.79 Å². The molecule has 1 heterocycles. The fourth-order valence-corrected chi connectivity index (χ4v) is 2.57. The number of para-hydroxylation sites is 2. The lowest BCUT2D eigenvalue weighted by Gasteiger charge is -2.27. The summed E-state index contributed by atoms with van der Waals surface area (Å²) >= 11 is 0. The molecule has 108 valence electrons. The van der Waals surface area contributed by atoms with E-state index in [0.29, 0.717) is 6.42 Å². The van der Waals surface area contributed by atoms with Crippen molar-refractivity contribution in [3.8, 4) is 0 Å². The lowest BCUT2D eigenvalue weighted by atomic mass is 9.85. The largest absolute Gasteiger partial charge is 0.373 e. The number of ether oxygens (including phenoxy) is 1. The van der Waals surface area contributed by atoms with Gasteiger partial charge in [0.25, 0.3) is 0 Å². The van der Waals surface area contributed by atoms with Crippen molar-refractivity contribution in [3.05, 3.63) is 30.1 Å². The Morgan fingerprint density at radius 3 is 2.55 bits per heavy atom. The van der Waals surface area contributed by atoms with Gasteiger partial charge in [-0.1, -0.05) is 32.9 Å². The molecule has 1 atom stereocenters. The van der Waals surface area contributed by atoms with Gasteiger partial charge in [0.05, 0.1) is 17.5 Å². The Labute approximate surface area is 119 Å². The van der Waals surface area contributed by atoms with Crippen molar-refractivity contribution in [3.63, 3.8) is 0 Å². The van der Waals surface area contributed by atoms with Crippen LogP contribution in [0.25, 0.3) is 11.0 Å². The molecule has 0 N–H and O–H groups in total. The Hall–Kier alpha value is -1.68. The highest BCUT2D eigenvalue weighted by atomic mass is 16.5. The van der Waals surface area contributed by atoms with Crippen molar-refractivity contribution < 1.29 is 9.53 Å². The highest BCUT2D eigenvalue weighted by molar-refractivity contribution is 5.86. The van der Waals surface area contributed by atoms with Gasteiger partial charge in [-0.05, 0) is 17.5 Å². The van der Waals surface area contributed by atoms with Crippen LogP contribution in [0.4, 0.5) is 0 Å². The summed E-state index contributed by atoms with van der Waals surface area (Å²) in [5.74, 6) is 0.848. The monoisotopic (exact) mass is 274 g/mol. The van der Waals surface area contributed by atoms with E-state index in [4.69, 9.17) is 4.74 Å².